The monoisotopic (exact) mass is 305 g/mol. The van der Waals surface area contributed by atoms with Gasteiger partial charge in [-0.1, -0.05) is 19.3 Å². The highest BCUT2D eigenvalue weighted by Crippen LogP contribution is 2.38. The van der Waals surface area contributed by atoms with Crippen molar-refractivity contribution in [1.29, 1.82) is 5.26 Å². The molecule has 1 aliphatic rings. The second-order valence-corrected chi connectivity index (χ2v) is 6.67. The van der Waals surface area contributed by atoms with Crippen LogP contribution in [0.15, 0.2) is 18.2 Å². The fourth-order valence-corrected chi connectivity index (χ4v) is 3.71. The molecule has 1 aromatic rings. The quantitative estimate of drug-likeness (QED) is 0.658. The molecule has 0 bridgehead atoms. The number of nitriles is 1. The SMILES string of the molecule is CSC1(CNc2ccc([N+](=O)[O-])cc2C#N)CCCCC1. The molecule has 112 valence electrons. The summed E-state index contributed by atoms with van der Waals surface area (Å²) < 4.78 is 0.215. The molecule has 0 aromatic heterocycles. The average molecular weight is 305 g/mol. The van der Waals surface area contributed by atoms with Crippen LogP contribution in [-0.4, -0.2) is 22.5 Å². The highest BCUT2D eigenvalue weighted by molar-refractivity contribution is 8.00. The number of non-ortho nitro benzene ring substituents is 1. The third kappa shape index (κ3) is 3.67. The lowest BCUT2D eigenvalue weighted by molar-refractivity contribution is -0.384. The van der Waals surface area contributed by atoms with E-state index >= 15 is 0 Å². The Labute approximate surface area is 128 Å². The number of nitrogens with zero attached hydrogens (tertiary/aromatic N) is 2. The maximum Gasteiger partial charge on any atom is 0.270 e. The molecule has 1 aromatic carbocycles. The molecule has 0 aliphatic heterocycles. The molecule has 0 unspecified atom stereocenters. The summed E-state index contributed by atoms with van der Waals surface area (Å²) in [6.07, 6.45) is 8.27. The molecule has 1 aliphatic carbocycles. The Balaban J connectivity index is 2.12. The van der Waals surface area contributed by atoms with Gasteiger partial charge in [-0.25, -0.2) is 0 Å². The lowest BCUT2D eigenvalue weighted by Gasteiger charge is -2.36. The molecule has 0 heterocycles. The van der Waals surface area contributed by atoms with Crippen molar-refractivity contribution in [3.63, 3.8) is 0 Å². The first-order valence-corrected chi connectivity index (χ1v) is 8.30. The number of hydrogen-bond acceptors (Lipinski definition) is 5. The van der Waals surface area contributed by atoms with E-state index in [0.29, 0.717) is 11.3 Å². The van der Waals surface area contributed by atoms with Gasteiger partial charge in [0.1, 0.15) is 6.07 Å². The highest BCUT2D eigenvalue weighted by atomic mass is 32.2. The minimum Gasteiger partial charge on any atom is -0.383 e. The number of anilines is 1. The Morgan fingerprint density at radius 1 is 1.43 bits per heavy atom. The predicted molar refractivity (Wildman–Crippen MR) is 85.6 cm³/mol. The van der Waals surface area contributed by atoms with Gasteiger partial charge >= 0.3 is 0 Å². The van der Waals surface area contributed by atoms with Gasteiger partial charge in [0, 0.05) is 23.4 Å². The summed E-state index contributed by atoms with van der Waals surface area (Å²) >= 11 is 1.88. The van der Waals surface area contributed by atoms with Crippen molar-refractivity contribution >= 4 is 23.1 Å². The van der Waals surface area contributed by atoms with Crippen LogP contribution in [0.25, 0.3) is 0 Å². The molecule has 1 N–H and O–H groups in total. The third-order valence-corrected chi connectivity index (χ3v) is 5.55. The van der Waals surface area contributed by atoms with E-state index in [1.807, 2.05) is 17.8 Å². The summed E-state index contributed by atoms with van der Waals surface area (Å²) in [5.41, 5.74) is 0.965. The van der Waals surface area contributed by atoms with Gasteiger partial charge in [-0.05, 0) is 25.2 Å². The van der Waals surface area contributed by atoms with E-state index in [9.17, 15) is 10.1 Å². The molecule has 21 heavy (non-hydrogen) atoms. The first-order chi connectivity index (χ1) is 10.1. The summed E-state index contributed by atoms with van der Waals surface area (Å²) in [6, 6.07) is 6.44. The van der Waals surface area contributed by atoms with E-state index in [1.54, 1.807) is 6.07 Å². The van der Waals surface area contributed by atoms with Crippen LogP contribution < -0.4 is 5.32 Å². The van der Waals surface area contributed by atoms with Crippen LogP contribution in [0.4, 0.5) is 11.4 Å². The number of benzene rings is 1. The van der Waals surface area contributed by atoms with Crippen molar-refractivity contribution in [2.45, 2.75) is 36.9 Å². The van der Waals surface area contributed by atoms with Crippen molar-refractivity contribution in [2.24, 2.45) is 0 Å². The van der Waals surface area contributed by atoms with Crippen molar-refractivity contribution < 1.29 is 4.92 Å². The Morgan fingerprint density at radius 3 is 2.71 bits per heavy atom. The molecule has 0 atom stereocenters. The van der Waals surface area contributed by atoms with E-state index in [-0.39, 0.29) is 10.4 Å². The van der Waals surface area contributed by atoms with Crippen LogP contribution >= 0.6 is 11.8 Å². The Morgan fingerprint density at radius 2 is 2.14 bits per heavy atom. The highest BCUT2D eigenvalue weighted by Gasteiger charge is 2.31. The van der Waals surface area contributed by atoms with Gasteiger partial charge in [0.25, 0.3) is 5.69 Å². The number of thioether (sulfide) groups is 1. The Bertz CT molecular complexity index is 563. The molecule has 0 radical (unpaired) electrons. The molecule has 5 nitrogen and oxygen atoms in total. The number of nitrogens with one attached hydrogen (secondary N) is 1. The van der Waals surface area contributed by atoms with Crippen molar-refractivity contribution in [3.8, 4) is 6.07 Å². The predicted octanol–water partition coefficient (Wildman–Crippen LogP) is 3.94. The smallest absolute Gasteiger partial charge is 0.270 e. The molecule has 1 fully saturated rings. The van der Waals surface area contributed by atoms with Gasteiger partial charge in [0.2, 0.25) is 0 Å². The molecule has 0 amide bonds. The van der Waals surface area contributed by atoms with E-state index in [2.05, 4.69) is 11.6 Å². The minimum atomic E-state index is -0.477. The molecule has 0 spiro atoms. The van der Waals surface area contributed by atoms with Crippen molar-refractivity contribution in [3.05, 3.63) is 33.9 Å². The summed E-state index contributed by atoms with van der Waals surface area (Å²) in [7, 11) is 0. The largest absolute Gasteiger partial charge is 0.383 e. The van der Waals surface area contributed by atoms with Gasteiger partial charge in [0.05, 0.1) is 16.2 Å². The van der Waals surface area contributed by atoms with E-state index < -0.39 is 4.92 Å². The second-order valence-electron chi connectivity index (χ2n) is 5.40. The van der Waals surface area contributed by atoms with E-state index in [1.165, 1.54) is 44.2 Å². The number of nitro groups is 1. The van der Waals surface area contributed by atoms with Crippen LogP contribution in [0.2, 0.25) is 0 Å². The van der Waals surface area contributed by atoms with Crippen LogP contribution in [-0.2, 0) is 0 Å². The standard InChI is InChI=1S/C15H19N3O2S/c1-21-15(7-3-2-4-8-15)11-17-14-6-5-13(18(19)20)9-12(14)10-16/h5-6,9,17H,2-4,7-8,11H2,1H3. The number of rotatable bonds is 5. The van der Waals surface area contributed by atoms with E-state index in [0.717, 1.165) is 6.54 Å². The van der Waals surface area contributed by atoms with Crippen molar-refractivity contribution in [1.82, 2.24) is 0 Å². The Kier molecular flexibility index (Phi) is 5.07. The van der Waals surface area contributed by atoms with Crippen LogP contribution in [0.3, 0.4) is 0 Å². The Hall–Kier alpha value is -1.74. The first-order valence-electron chi connectivity index (χ1n) is 7.08. The first kappa shape index (κ1) is 15.6. The molecular weight excluding hydrogens is 286 g/mol. The summed E-state index contributed by atoms with van der Waals surface area (Å²) in [5, 5.41) is 23.2. The lowest BCUT2D eigenvalue weighted by atomic mass is 9.88. The molecular formula is C15H19N3O2S. The minimum absolute atomic E-state index is 0.0469. The second kappa shape index (κ2) is 6.81. The fraction of sp³-hybridized carbons (Fsp3) is 0.533. The van der Waals surface area contributed by atoms with Gasteiger partial charge in [-0.15, -0.1) is 0 Å². The average Bonchev–Trinajstić information content (AvgIpc) is 2.53. The number of hydrogen-bond donors (Lipinski definition) is 1. The normalized spacial score (nSPS) is 17.0. The zero-order chi connectivity index (χ0) is 15.3. The summed E-state index contributed by atoms with van der Waals surface area (Å²) in [5.74, 6) is 0. The summed E-state index contributed by atoms with van der Waals surface area (Å²) in [4.78, 5) is 10.3. The van der Waals surface area contributed by atoms with Gasteiger partial charge in [-0.2, -0.15) is 17.0 Å². The third-order valence-electron chi connectivity index (χ3n) is 4.13. The number of nitro benzene ring substituents is 1. The van der Waals surface area contributed by atoms with Crippen LogP contribution in [0.5, 0.6) is 0 Å². The molecule has 2 rings (SSSR count). The molecule has 0 saturated heterocycles. The zero-order valence-electron chi connectivity index (χ0n) is 12.1. The molecule has 6 heteroatoms. The zero-order valence-corrected chi connectivity index (χ0v) is 12.9. The molecule has 1 saturated carbocycles. The maximum atomic E-state index is 10.8. The van der Waals surface area contributed by atoms with Gasteiger partial charge in [0.15, 0.2) is 0 Å². The summed E-state index contributed by atoms with van der Waals surface area (Å²) in [6.45, 7) is 0.792. The van der Waals surface area contributed by atoms with Crippen LogP contribution in [0, 0.1) is 21.4 Å². The van der Waals surface area contributed by atoms with Crippen LogP contribution in [0.1, 0.15) is 37.7 Å². The van der Waals surface area contributed by atoms with Gasteiger partial charge in [-0.3, -0.25) is 10.1 Å². The topological polar surface area (TPSA) is 79.0 Å². The lowest BCUT2D eigenvalue weighted by Crippen LogP contribution is -2.35. The van der Waals surface area contributed by atoms with Gasteiger partial charge < -0.3 is 5.32 Å². The maximum absolute atomic E-state index is 10.8. The fourth-order valence-electron chi connectivity index (χ4n) is 2.80. The van der Waals surface area contributed by atoms with E-state index in [4.69, 9.17) is 5.26 Å². The van der Waals surface area contributed by atoms with Crippen molar-refractivity contribution in [2.75, 3.05) is 18.1 Å².